The van der Waals surface area contributed by atoms with Crippen molar-refractivity contribution in [2.45, 2.75) is 58.8 Å². The second-order valence-corrected chi connectivity index (χ2v) is 9.75. The number of para-hydroxylation sites is 1. The Labute approximate surface area is 205 Å². The number of hydrogen-bond acceptors (Lipinski definition) is 4. The number of nitrogens with one attached hydrogen (secondary N) is 1. The van der Waals surface area contributed by atoms with Gasteiger partial charge in [0.05, 0.1) is 11.4 Å². The zero-order valence-electron chi connectivity index (χ0n) is 21.4. The summed E-state index contributed by atoms with van der Waals surface area (Å²) < 4.78 is 0. The van der Waals surface area contributed by atoms with Gasteiger partial charge in [0.15, 0.2) is 0 Å². The van der Waals surface area contributed by atoms with E-state index in [9.17, 15) is 4.79 Å². The molecule has 182 valence electrons. The lowest BCUT2D eigenvalue weighted by molar-refractivity contribution is -0.122. The van der Waals surface area contributed by atoms with Gasteiger partial charge in [0, 0.05) is 26.0 Å². The number of carbonyl (C=O) groups is 1. The first-order valence-electron chi connectivity index (χ1n) is 12.6. The van der Waals surface area contributed by atoms with Crippen LogP contribution in [-0.2, 0) is 4.79 Å². The van der Waals surface area contributed by atoms with E-state index >= 15 is 0 Å². The number of benzene rings is 2. The number of rotatable bonds is 6. The molecule has 3 aromatic rings. The Bertz CT molecular complexity index is 1040. The Morgan fingerprint density at radius 3 is 2.29 bits per heavy atom. The molecule has 1 fully saturated rings. The van der Waals surface area contributed by atoms with Crippen LogP contribution in [-0.4, -0.2) is 36.5 Å². The molecule has 1 aromatic heterocycles. The summed E-state index contributed by atoms with van der Waals surface area (Å²) in [4.78, 5) is 23.2. The highest BCUT2D eigenvalue weighted by molar-refractivity contribution is 5.89. The molecule has 1 heterocycles. The number of nitrogens with zero attached hydrogens (tertiary/aromatic N) is 3. The van der Waals surface area contributed by atoms with Crippen molar-refractivity contribution >= 4 is 22.6 Å². The molecule has 34 heavy (non-hydrogen) atoms. The van der Waals surface area contributed by atoms with Crippen LogP contribution in [0.5, 0.6) is 0 Å². The molecule has 0 saturated heterocycles. The van der Waals surface area contributed by atoms with Crippen molar-refractivity contribution in [3.05, 3.63) is 66.0 Å². The summed E-state index contributed by atoms with van der Waals surface area (Å²) in [5, 5.41) is 4.28. The zero-order valence-corrected chi connectivity index (χ0v) is 21.4. The van der Waals surface area contributed by atoms with Gasteiger partial charge in [-0.15, -0.1) is 0 Å². The maximum absolute atomic E-state index is 12.4. The minimum atomic E-state index is -0.00119. The Balaban J connectivity index is 0.000000202. The fourth-order valence-electron chi connectivity index (χ4n) is 4.67. The van der Waals surface area contributed by atoms with Gasteiger partial charge in [-0.1, -0.05) is 69.2 Å². The van der Waals surface area contributed by atoms with Crippen molar-refractivity contribution in [2.24, 2.45) is 11.8 Å². The minimum absolute atomic E-state index is 0.00119. The van der Waals surface area contributed by atoms with Crippen LogP contribution in [0.2, 0.25) is 0 Å². The summed E-state index contributed by atoms with van der Waals surface area (Å²) >= 11 is 0. The summed E-state index contributed by atoms with van der Waals surface area (Å²) in [6.45, 7) is 7.19. The van der Waals surface area contributed by atoms with Crippen LogP contribution >= 0.6 is 0 Å². The van der Waals surface area contributed by atoms with Gasteiger partial charge in [0.25, 0.3) is 0 Å². The van der Waals surface area contributed by atoms with E-state index in [0.717, 1.165) is 47.0 Å². The number of amides is 1. The number of hydrogen-bond donors (Lipinski definition) is 1. The highest BCUT2D eigenvalue weighted by Crippen LogP contribution is 2.28. The average Bonchev–Trinajstić information content (AvgIpc) is 2.84. The third kappa shape index (κ3) is 7.02. The van der Waals surface area contributed by atoms with E-state index < -0.39 is 0 Å². The van der Waals surface area contributed by atoms with E-state index in [1.165, 1.54) is 25.7 Å². The Hall–Kier alpha value is -2.95. The number of carbonyl (C=O) groups excluding carboxylic acids is 1. The number of aromatic nitrogens is 2. The van der Waals surface area contributed by atoms with Crippen molar-refractivity contribution in [1.29, 1.82) is 0 Å². The fourth-order valence-corrected chi connectivity index (χ4v) is 4.67. The summed E-state index contributed by atoms with van der Waals surface area (Å²) in [7, 11) is 3.99. The summed E-state index contributed by atoms with van der Waals surface area (Å²) in [6, 6.07) is 18.2. The molecule has 1 amide bonds. The molecule has 1 saturated carbocycles. The SMILES string of the molecule is CCC(C(=O)NCC1CCC(C)CC1)c1ccccc1.Cc1nc(N(C)C)c2ccccc2n1. The quantitative estimate of drug-likeness (QED) is 0.481. The molecule has 0 aliphatic heterocycles. The number of fused-ring (bicyclic) bond motifs is 1. The molecule has 5 heteroatoms. The smallest absolute Gasteiger partial charge is 0.227 e. The first kappa shape index (κ1) is 25.7. The van der Waals surface area contributed by atoms with Crippen LogP contribution in [0.15, 0.2) is 54.6 Å². The van der Waals surface area contributed by atoms with Crippen molar-refractivity contribution < 1.29 is 4.79 Å². The fraction of sp³-hybridized carbons (Fsp3) is 0.483. The molecule has 0 radical (unpaired) electrons. The highest BCUT2D eigenvalue weighted by Gasteiger charge is 2.22. The molecule has 2 aromatic carbocycles. The molecule has 5 nitrogen and oxygen atoms in total. The predicted octanol–water partition coefficient (Wildman–Crippen LogP) is 6.13. The van der Waals surface area contributed by atoms with E-state index in [1.807, 2.05) is 68.4 Å². The van der Waals surface area contributed by atoms with Crippen LogP contribution in [0.4, 0.5) is 5.82 Å². The van der Waals surface area contributed by atoms with Crippen LogP contribution in [0.3, 0.4) is 0 Å². The lowest BCUT2D eigenvalue weighted by atomic mass is 9.83. The van der Waals surface area contributed by atoms with Crippen LogP contribution < -0.4 is 10.2 Å². The molecular formula is C29H40N4O. The summed E-state index contributed by atoms with van der Waals surface area (Å²) in [6.07, 6.45) is 6.03. The predicted molar refractivity (Wildman–Crippen MR) is 142 cm³/mol. The third-order valence-electron chi connectivity index (χ3n) is 6.75. The van der Waals surface area contributed by atoms with Crippen LogP contribution in [0.25, 0.3) is 10.9 Å². The third-order valence-corrected chi connectivity index (χ3v) is 6.75. The van der Waals surface area contributed by atoms with Gasteiger partial charge < -0.3 is 10.2 Å². The zero-order chi connectivity index (χ0) is 24.5. The van der Waals surface area contributed by atoms with Crippen LogP contribution in [0.1, 0.15) is 63.3 Å². The van der Waals surface area contributed by atoms with E-state index in [0.29, 0.717) is 5.92 Å². The van der Waals surface area contributed by atoms with Gasteiger partial charge in [-0.05, 0) is 55.7 Å². The standard InChI is InChI=1S/C18H27NO.C11H13N3/c1-3-17(16-7-5-4-6-8-16)18(20)19-13-15-11-9-14(2)10-12-15;1-8-12-10-7-5-4-6-9(10)11(13-8)14(2)3/h4-8,14-15,17H,3,9-13H2,1-2H3,(H,19,20);4-7H,1-3H3. The topological polar surface area (TPSA) is 58.1 Å². The Morgan fingerprint density at radius 2 is 1.65 bits per heavy atom. The second-order valence-electron chi connectivity index (χ2n) is 9.75. The highest BCUT2D eigenvalue weighted by atomic mass is 16.1. The molecule has 1 aliphatic carbocycles. The molecule has 1 unspecified atom stereocenters. The minimum Gasteiger partial charge on any atom is -0.362 e. The maximum Gasteiger partial charge on any atom is 0.227 e. The maximum atomic E-state index is 12.4. The second kappa shape index (κ2) is 12.5. The number of anilines is 1. The summed E-state index contributed by atoms with van der Waals surface area (Å²) in [5.74, 6) is 3.54. The van der Waals surface area contributed by atoms with E-state index in [-0.39, 0.29) is 11.8 Å². The lowest BCUT2D eigenvalue weighted by Crippen LogP contribution is -2.34. The molecule has 1 atom stereocenters. The van der Waals surface area contributed by atoms with E-state index in [2.05, 4.69) is 41.3 Å². The van der Waals surface area contributed by atoms with Crippen molar-refractivity contribution in [2.75, 3.05) is 25.5 Å². The number of aryl methyl sites for hydroxylation is 1. The average molecular weight is 461 g/mol. The Kier molecular flexibility index (Phi) is 9.43. The van der Waals surface area contributed by atoms with Gasteiger partial charge in [-0.25, -0.2) is 9.97 Å². The van der Waals surface area contributed by atoms with Gasteiger partial charge in [0.1, 0.15) is 11.6 Å². The molecule has 0 spiro atoms. The van der Waals surface area contributed by atoms with Crippen molar-refractivity contribution in [3.8, 4) is 0 Å². The lowest BCUT2D eigenvalue weighted by Gasteiger charge is -2.27. The molecule has 4 rings (SSSR count). The van der Waals surface area contributed by atoms with Gasteiger partial charge in [-0.2, -0.15) is 0 Å². The Morgan fingerprint density at radius 1 is 1.00 bits per heavy atom. The molecule has 1 N–H and O–H groups in total. The largest absolute Gasteiger partial charge is 0.362 e. The van der Waals surface area contributed by atoms with Gasteiger partial charge in [-0.3, -0.25) is 4.79 Å². The van der Waals surface area contributed by atoms with E-state index in [4.69, 9.17) is 0 Å². The van der Waals surface area contributed by atoms with E-state index in [1.54, 1.807) is 0 Å². The van der Waals surface area contributed by atoms with Crippen molar-refractivity contribution in [1.82, 2.24) is 15.3 Å². The first-order valence-corrected chi connectivity index (χ1v) is 12.6. The monoisotopic (exact) mass is 460 g/mol. The molecule has 1 aliphatic rings. The normalized spacial score (nSPS) is 18.5. The summed E-state index contributed by atoms with van der Waals surface area (Å²) in [5.41, 5.74) is 2.13. The van der Waals surface area contributed by atoms with Gasteiger partial charge >= 0.3 is 0 Å². The molecular weight excluding hydrogens is 420 g/mol. The van der Waals surface area contributed by atoms with Crippen molar-refractivity contribution in [3.63, 3.8) is 0 Å². The van der Waals surface area contributed by atoms with Crippen LogP contribution in [0, 0.1) is 18.8 Å². The van der Waals surface area contributed by atoms with Gasteiger partial charge in [0.2, 0.25) is 5.91 Å². The first-order chi connectivity index (χ1) is 16.4. The molecule has 0 bridgehead atoms.